The van der Waals surface area contributed by atoms with E-state index >= 15 is 0 Å². The highest BCUT2D eigenvalue weighted by molar-refractivity contribution is 5.30. The fourth-order valence-electron chi connectivity index (χ4n) is 2.10. The van der Waals surface area contributed by atoms with Crippen LogP contribution in [0.15, 0.2) is 48.5 Å². The van der Waals surface area contributed by atoms with Crippen molar-refractivity contribution < 1.29 is 14.6 Å². The van der Waals surface area contributed by atoms with Crippen molar-refractivity contribution >= 4 is 0 Å². The molecule has 0 spiro atoms. The Morgan fingerprint density at radius 2 is 1.67 bits per heavy atom. The molecule has 1 atom stereocenters. The number of hydrogen-bond acceptors (Lipinski definition) is 4. The minimum atomic E-state index is -0.564. The van der Waals surface area contributed by atoms with Gasteiger partial charge in [-0.05, 0) is 35.4 Å². The lowest BCUT2D eigenvalue weighted by Gasteiger charge is -2.13. The molecular weight excluding hydrogens is 266 g/mol. The first-order valence-corrected chi connectivity index (χ1v) is 6.88. The molecule has 1 unspecified atom stereocenters. The summed E-state index contributed by atoms with van der Waals surface area (Å²) in [6, 6.07) is 15.3. The molecule has 0 aliphatic carbocycles. The Morgan fingerprint density at radius 3 is 2.38 bits per heavy atom. The number of ether oxygens (including phenoxy) is 2. The second-order valence-corrected chi connectivity index (χ2v) is 4.77. The molecule has 0 aliphatic heterocycles. The minimum absolute atomic E-state index is 0.477. The molecule has 0 fully saturated rings. The van der Waals surface area contributed by atoms with E-state index in [0.717, 1.165) is 22.6 Å². The number of methoxy groups -OCH3 is 2. The van der Waals surface area contributed by atoms with E-state index in [1.54, 1.807) is 14.2 Å². The fraction of sp³-hybridized carbons (Fsp3) is 0.294. The minimum Gasteiger partial charge on any atom is -0.497 e. The number of rotatable bonds is 7. The van der Waals surface area contributed by atoms with Gasteiger partial charge in [0.15, 0.2) is 0 Å². The van der Waals surface area contributed by atoms with Gasteiger partial charge in [0.25, 0.3) is 0 Å². The number of nitrogens with one attached hydrogen (secondary N) is 1. The standard InChI is InChI=1S/C17H21NO3/c1-20-15-7-3-5-13(9-15)11-18-12-17(19)14-6-4-8-16(10-14)21-2/h3-10,17-19H,11-12H2,1-2H3. The number of aliphatic hydroxyl groups excluding tert-OH is 1. The Morgan fingerprint density at radius 1 is 1.00 bits per heavy atom. The highest BCUT2D eigenvalue weighted by Gasteiger charge is 2.08. The van der Waals surface area contributed by atoms with Gasteiger partial charge < -0.3 is 19.9 Å². The zero-order valence-corrected chi connectivity index (χ0v) is 12.4. The van der Waals surface area contributed by atoms with Gasteiger partial charge in [-0.15, -0.1) is 0 Å². The van der Waals surface area contributed by atoms with Gasteiger partial charge in [0.2, 0.25) is 0 Å². The average molecular weight is 287 g/mol. The molecule has 0 aliphatic rings. The van der Waals surface area contributed by atoms with Crippen LogP contribution in [0.3, 0.4) is 0 Å². The molecule has 2 aromatic rings. The van der Waals surface area contributed by atoms with Crippen LogP contribution in [-0.2, 0) is 6.54 Å². The summed E-state index contributed by atoms with van der Waals surface area (Å²) in [4.78, 5) is 0. The van der Waals surface area contributed by atoms with Crippen molar-refractivity contribution in [2.45, 2.75) is 12.6 Å². The zero-order valence-electron chi connectivity index (χ0n) is 12.4. The maximum absolute atomic E-state index is 10.2. The van der Waals surface area contributed by atoms with Crippen molar-refractivity contribution in [1.82, 2.24) is 5.32 Å². The smallest absolute Gasteiger partial charge is 0.119 e. The van der Waals surface area contributed by atoms with Crippen LogP contribution in [0.1, 0.15) is 17.2 Å². The summed E-state index contributed by atoms with van der Waals surface area (Å²) in [6.45, 7) is 1.16. The van der Waals surface area contributed by atoms with Gasteiger partial charge in [-0.3, -0.25) is 0 Å². The van der Waals surface area contributed by atoms with Crippen LogP contribution >= 0.6 is 0 Å². The molecule has 112 valence electrons. The third-order valence-corrected chi connectivity index (χ3v) is 3.28. The summed E-state index contributed by atoms with van der Waals surface area (Å²) in [5.41, 5.74) is 1.96. The second kappa shape index (κ2) is 7.67. The molecular formula is C17H21NO3. The van der Waals surface area contributed by atoms with Crippen LogP contribution in [0.25, 0.3) is 0 Å². The molecule has 0 radical (unpaired) electrons. The largest absolute Gasteiger partial charge is 0.497 e. The van der Waals surface area contributed by atoms with Crippen molar-refractivity contribution in [1.29, 1.82) is 0 Å². The van der Waals surface area contributed by atoms with Crippen LogP contribution in [0.2, 0.25) is 0 Å². The molecule has 0 bridgehead atoms. The number of benzene rings is 2. The van der Waals surface area contributed by atoms with E-state index in [-0.39, 0.29) is 0 Å². The molecule has 0 saturated carbocycles. The van der Waals surface area contributed by atoms with E-state index in [1.807, 2.05) is 48.5 Å². The Kier molecular flexibility index (Phi) is 5.60. The zero-order chi connectivity index (χ0) is 15.1. The molecule has 0 saturated heterocycles. The Hall–Kier alpha value is -2.04. The van der Waals surface area contributed by atoms with Gasteiger partial charge in [0, 0.05) is 13.1 Å². The fourth-order valence-corrected chi connectivity index (χ4v) is 2.10. The molecule has 2 N–H and O–H groups in total. The first-order valence-electron chi connectivity index (χ1n) is 6.88. The first kappa shape index (κ1) is 15.4. The molecule has 0 heterocycles. The topological polar surface area (TPSA) is 50.7 Å². The summed E-state index contributed by atoms with van der Waals surface area (Å²) in [5, 5.41) is 13.4. The summed E-state index contributed by atoms with van der Waals surface area (Å²) in [5.74, 6) is 1.59. The van der Waals surface area contributed by atoms with Crippen molar-refractivity contribution in [3.05, 3.63) is 59.7 Å². The van der Waals surface area contributed by atoms with Crippen molar-refractivity contribution in [2.24, 2.45) is 0 Å². The number of aliphatic hydroxyl groups is 1. The third kappa shape index (κ3) is 4.48. The van der Waals surface area contributed by atoms with Crippen LogP contribution in [-0.4, -0.2) is 25.9 Å². The van der Waals surface area contributed by atoms with Gasteiger partial charge >= 0.3 is 0 Å². The second-order valence-electron chi connectivity index (χ2n) is 4.77. The molecule has 21 heavy (non-hydrogen) atoms. The Bertz CT molecular complexity index is 571. The average Bonchev–Trinajstić information content (AvgIpc) is 2.55. The Balaban J connectivity index is 1.87. The van der Waals surface area contributed by atoms with Crippen LogP contribution in [0.5, 0.6) is 11.5 Å². The summed E-state index contributed by atoms with van der Waals surface area (Å²) in [6.07, 6.45) is -0.564. The van der Waals surface area contributed by atoms with Gasteiger partial charge in [-0.2, -0.15) is 0 Å². The van der Waals surface area contributed by atoms with E-state index < -0.39 is 6.10 Å². The molecule has 0 amide bonds. The molecule has 2 rings (SSSR count). The van der Waals surface area contributed by atoms with E-state index in [9.17, 15) is 5.11 Å². The lowest BCUT2D eigenvalue weighted by molar-refractivity contribution is 0.174. The first-order chi connectivity index (χ1) is 10.2. The van der Waals surface area contributed by atoms with E-state index in [1.165, 1.54) is 0 Å². The van der Waals surface area contributed by atoms with E-state index in [2.05, 4.69) is 5.32 Å². The van der Waals surface area contributed by atoms with Gasteiger partial charge in [-0.25, -0.2) is 0 Å². The van der Waals surface area contributed by atoms with Gasteiger partial charge in [0.1, 0.15) is 11.5 Å². The molecule has 2 aromatic carbocycles. The predicted octanol–water partition coefficient (Wildman–Crippen LogP) is 2.53. The summed E-state index contributed by atoms with van der Waals surface area (Å²) < 4.78 is 10.3. The normalized spacial score (nSPS) is 12.0. The third-order valence-electron chi connectivity index (χ3n) is 3.28. The lowest BCUT2D eigenvalue weighted by atomic mass is 10.1. The van der Waals surface area contributed by atoms with E-state index in [4.69, 9.17) is 9.47 Å². The van der Waals surface area contributed by atoms with Crippen LogP contribution in [0, 0.1) is 0 Å². The maximum Gasteiger partial charge on any atom is 0.119 e. The van der Waals surface area contributed by atoms with Crippen LogP contribution in [0.4, 0.5) is 0 Å². The Labute approximate surface area is 125 Å². The monoisotopic (exact) mass is 287 g/mol. The molecule has 4 heteroatoms. The predicted molar refractivity (Wildman–Crippen MR) is 82.7 cm³/mol. The maximum atomic E-state index is 10.2. The van der Waals surface area contributed by atoms with Crippen molar-refractivity contribution in [2.75, 3.05) is 20.8 Å². The quantitative estimate of drug-likeness (QED) is 0.821. The van der Waals surface area contributed by atoms with Crippen LogP contribution < -0.4 is 14.8 Å². The van der Waals surface area contributed by atoms with E-state index in [0.29, 0.717) is 13.1 Å². The SMILES string of the molecule is COc1cccc(CNCC(O)c2cccc(OC)c2)c1. The van der Waals surface area contributed by atoms with Crippen molar-refractivity contribution in [3.63, 3.8) is 0 Å². The van der Waals surface area contributed by atoms with Crippen molar-refractivity contribution in [3.8, 4) is 11.5 Å². The van der Waals surface area contributed by atoms with Gasteiger partial charge in [-0.1, -0.05) is 24.3 Å². The highest BCUT2D eigenvalue weighted by atomic mass is 16.5. The van der Waals surface area contributed by atoms with Gasteiger partial charge in [0.05, 0.1) is 20.3 Å². The lowest BCUT2D eigenvalue weighted by Crippen LogP contribution is -2.21. The molecule has 4 nitrogen and oxygen atoms in total. The molecule has 0 aromatic heterocycles. The number of hydrogen-bond donors (Lipinski definition) is 2. The highest BCUT2D eigenvalue weighted by Crippen LogP contribution is 2.18. The summed E-state index contributed by atoms with van der Waals surface area (Å²) in [7, 11) is 3.27. The summed E-state index contributed by atoms with van der Waals surface area (Å²) >= 11 is 0.